The minimum Gasteiger partial charge on any atom is -0.396 e. The van der Waals surface area contributed by atoms with E-state index in [0.717, 1.165) is 0 Å². The van der Waals surface area contributed by atoms with Crippen LogP contribution in [0.4, 0.5) is 13.2 Å². The molecule has 0 heterocycles. The molecule has 1 nitrogen and oxygen atoms in total. The Kier molecular flexibility index (Phi) is 5.42. The first-order chi connectivity index (χ1) is 10.0. The molecule has 1 unspecified atom stereocenters. The van der Waals surface area contributed by atoms with Gasteiger partial charge < -0.3 is 5.11 Å². The highest BCUT2D eigenvalue weighted by atomic mass is 79.9. The zero-order valence-corrected chi connectivity index (χ0v) is 12.7. The maximum atomic E-state index is 13.9. The number of aliphatic hydroxyl groups is 1. The first-order valence-electron chi connectivity index (χ1n) is 6.49. The standard InChI is InChI=1S/C16H14BrF3O/c17-14-4-5-15(19)13(16(14)20)8-11(9-21)6-10-2-1-3-12(18)7-10/h1-5,7,11,21H,6,8-9H2. The zero-order valence-electron chi connectivity index (χ0n) is 11.1. The summed E-state index contributed by atoms with van der Waals surface area (Å²) in [6.07, 6.45) is 0.393. The Labute approximate surface area is 129 Å². The van der Waals surface area contributed by atoms with E-state index in [4.69, 9.17) is 0 Å². The van der Waals surface area contributed by atoms with Crippen LogP contribution < -0.4 is 0 Å². The van der Waals surface area contributed by atoms with Crippen molar-refractivity contribution in [1.29, 1.82) is 0 Å². The summed E-state index contributed by atoms with van der Waals surface area (Å²) in [5.41, 5.74) is 0.615. The van der Waals surface area contributed by atoms with Crippen LogP contribution in [0.2, 0.25) is 0 Å². The summed E-state index contributed by atoms with van der Waals surface area (Å²) in [6.45, 7) is -0.234. The van der Waals surface area contributed by atoms with Crippen molar-refractivity contribution in [2.75, 3.05) is 6.61 Å². The highest BCUT2D eigenvalue weighted by Crippen LogP contribution is 2.25. The maximum absolute atomic E-state index is 13.9. The van der Waals surface area contributed by atoms with Crippen molar-refractivity contribution >= 4 is 15.9 Å². The molecule has 0 spiro atoms. The van der Waals surface area contributed by atoms with Gasteiger partial charge in [-0.3, -0.25) is 0 Å². The van der Waals surface area contributed by atoms with Gasteiger partial charge in [0.25, 0.3) is 0 Å². The molecule has 5 heteroatoms. The lowest BCUT2D eigenvalue weighted by Gasteiger charge is -2.16. The van der Waals surface area contributed by atoms with Crippen LogP contribution in [0.5, 0.6) is 0 Å². The third kappa shape index (κ3) is 4.08. The van der Waals surface area contributed by atoms with E-state index in [1.165, 1.54) is 24.3 Å². The van der Waals surface area contributed by atoms with E-state index in [9.17, 15) is 18.3 Å². The van der Waals surface area contributed by atoms with Crippen LogP contribution in [0.25, 0.3) is 0 Å². The summed E-state index contributed by atoms with van der Waals surface area (Å²) in [4.78, 5) is 0. The van der Waals surface area contributed by atoms with E-state index in [2.05, 4.69) is 15.9 Å². The van der Waals surface area contributed by atoms with Gasteiger partial charge in [-0.05, 0) is 64.5 Å². The van der Waals surface area contributed by atoms with E-state index >= 15 is 0 Å². The Balaban J connectivity index is 2.18. The van der Waals surface area contributed by atoms with Gasteiger partial charge in [0, 0.05) is 12.2 Å². The lowest BCUT2D eigenvalue weighted by atomic mass is 9.92. The fourth-order valence-corrected chi connectivity index (χ4v) is 2.61. The highest BCUT2D eigenvalue weighted by molar-refractivity contribution is 9.10. The molecule has 0 aliphatic rings. The van der Waals surface area contributed by atoms with E-state index < -0.39 is 11.6 Å². The number of hydrogen-bond donors (Lipinski definition) is 1. The average Bonchev–Trinajstić information content (AvgIpc) is 2.46. The molecule has 2 aromatic rings. The minimum absolute atomic E-state index is 0.0458. The molecule has 2 aromatic carbocycles. The van der Waals surface area contributed by atoms with Gasteiger partial charge in [0.05, 0.1) is 4.47 Å². The second-order valence-electron chi connectivity index (χ2n) is 4.91. The molecule has 0 aliphatic carbocycles. The van der Waals surface area contributed by atoms with Gasteiger partial charge in [-0.2, -0.15) is 0 Å². The van der Waals surface area contributed by atoms with E-state index in [1.807, 2.05) is 0 Å². The molecule has 0 amide bonds. The van der Waals surface area contributed by atoms with Crippen molar-refractivity contribution in [3.8, 4) is 0 Å². The van der Waals surface area contributed by atoms with Crippen molar-refractivity contribution in [2.24, 2.45) is 5.92 Å². The van der Waals surface area contributed by atoms with Crippen LogP contribution in [0, 0.1) is 23.4 Å². The summed E-state index contributed by atoms with van der Waals surface area (Å²) in [5.74, 6) is -2.06. The fourth-order valence-electron chi connectivity index (χ4n) is 2.24. The second kappa shape index (κ2) is 7.09. The van der Waals surface area contributed by atoms with Gasteiger partial charge in [-0.25, -0.2) is 13.2 Å². The summed E-state index contributed by atoms with van der Waals surface area (Å²) in [6, 6.07) is 8.45. The molecule has 112 valence electrons. The Hall–Kier alpha value is -1.33. The molecule has 0 radical (unpaired) electrons. The maximum Gasteiger partial charge on any atom is 0.143 e. The molecule has 0 saturated carbocycles. The van der Waals surface area contributed by atoms with Gasteiger partial charge in [0.15, 0.2) is 0 Å². The molecule has 0 fully saturated rings. The van der Waals surface area contributed by atoms with Crippen molar-refractivity contribution in [3.63, 3.8) is 0 Å². The fraction of sp³-hybridized carbons (Fsp3) is 0.250. The first kappa shape index (κ1) is 16.0. The van der Waals surface area contributed by atoms with Crippen LogP contribution in [0.1, 0.15) is 11.1 Å². The Morgan fingerprint density at radius 2 is 1.81 bits per heavy atom. The summed E-state index contributed by atoms with van der Waals surface area (Å²) in [5, 5.41) is 9.42. The number of benzene rings is 2. The average molecular weight is 359 g/mol. The van der Waals surface area contributed by atoms with Crippen LogP contribution in [-0.2, 0) is 12.8 Å². The van der Waals surface area contributed by atoms with Gasteiger partial charge >= 0.3 is 0 Å². The largest absolute Gasteiger partial charge is 0.396 e. The van der Waals surface area contributed by atoms with E-state index in [1.54, 1.807) is 12.1 Å². The van der Waals surface area contributed by atoms with Crippen molar-refractivity contribution < 1.29 is 18.3 Å². The molecule has 0 aliphatic heterocycles. The van der Waals surface area contributed by atoms with Gasteiger partial charge in [0.2, 0.25) is 0 Å². The molecular weight excluding hydrogens is 345 g/mol. The SMILES string of the molecule is OCC(Cc1cccc(F)c1)Cc1c(F)ccc(Br)c1F. The molecule has 0 aromatic heterocycles. The third-order valence-electron chi connectivity index (χ3n) is 3.30. The van der Waals surface area contributed by atoms with Crippen molar-refractivity contribution in [3.05, 3.63) is 69.4 Å². The highest BCUT2D eigenvalue weighted by Gasteiger charge is 2.18. The molecule has 21 heavy (non-hydrogen) atoms. The molecule has 1 N–H and O–H groups in total. The quantitative estimate of drug-likeness (QED) is 0.791. The van der Waals surface area contributed by atoms with E-state index in [0.29, 0.717) is 12.0 Å². The summed E-state index contributed by atoms with van der Waals surface area (Å²) < 4.78 is 41.0. The third-order valence-corrected chi connectivity index (χ3v) is 3.92. The first-order valence-corrected chi connectivity index (χ1v) is 7.28. The Morgan fingerprint density at radius 1 is 1.05 bits per heavy atom. The zero-order chi connectivity index (χ0) is 15.4. The monoisotopic (exact) mass is 358 g/mol. The number of hydrogen-bond acceptors (Lipinski definition) is 1. The molecule has 2 rings (SSSR count). The van der Waals surface area contributed by atoms with Crippen LogP contribution in [0.15, 0.2) is 40.9 Å². The van der Waals surface area contributed by atoms with Crippen molar-refractivity contribution in [2.45, 2.75) is 12.8 Å². The van der Waals surface area contributed by atoms with Gasteiger partial charge in [-0.1, -0.05) is 12.1 Å². The lowest BCUT2D eigenvalue weighted by Crippen LogP contribution is -2.15. The Morgan fingerprint density at radius 3 is 2.48 bits per heavy atom. The smallest absolute Gasteiger partial charge is 0.143 e. The molecular formula is C16H14BrF3O. The predicted molar refractivity (Wildman–Crippen MR) is 78.4 cm³/mol. The van der Waals surface area contributed by atoms with Crippen LogP contribution in [0.3, 0.4) is 0 Å². The van der Waals surface area contributed by atoms with Crippen molar-refractivity contribution in [1.82, 2.24) is 0 Å². The van der Waals surface area contributed by atoms with Gasteiger partial charge in [0.1, 0.15) is 17.5 Å². The Bertz CT molecular complexity index is 631. The summed E-state index contributed by atoms with van der Waals surface area (Å²) in [7, 11) is 0. The second-order valence-corrected chi connectivity index (χ2v) is 5.76. The number of aliphatic hydroxyl groups excluding tert-OH is 1. The van der Waals surface area contributed by atoms with Crippen LogP contribution in [-0.4, -0.2) is 11.7 Å². The topological polar surface area (TPSA) is 20.2 Å². The molecule has 0 bridgehead atoms. The van der Waals surface area contributed by atoms with E-state index in [-0.39, 0.29) is 34.8 Å². The number of rotatable bonds is 5. The predicted octanol–water partition coefficient (Wildman–Crippen LogP) is 4.26. The van der Waals surface area contributed by atoms with Crippen LogP contribution >= 0.6 is 15.9 Å². The van der Waals surface area contributed by atoms with Gasteiger partial charge in [-0.15, -0.1) is 0 Å². The molecule has 1 atom stereocenters. The minimum atomic E-state index is -0.660. The normalized spacial score (nSPS) is 12.4. The molecule has 0 saturated heterocycles. The number of halogens is 4. The lowest BCUT2D eigenvalue weighted by molar-refractivity contribution is 0.223. The summed E-state index contributed by atoms with van der Waals surface area (Å²) >= 11 is 3.01.